The number of halogens is 2. The molecule has 0 aliphatic rings. The van der Waals surface area contributed by atoms with Crippen molar-refractivity contribution in [2.75, 3.05) is 4.72 Å². The van der Waals surface area contributed by atoms with E-state index in [1.165, 1.54) is 48.1 Å². The summed E-state index contributed by atoms with van der Waals surface area (Å²) in [5, 5.41) is 2.34. The Morgan fingerprint density at radius 1 is 0.962 bits per heavy atom. The van der Waals surface area contributed by atoms with Gasteiger partial charge in [0.15, 0.2) is 0 Å². The lowest BCUT2D eigenvalue weighted by atomic mass is 9.87. The standard InChI is InChI=1S/C37H41F2N5O8S/c1-20(2)52-35(48)30(15-24-12-13-32(40-19-24)44-34(47)21(3)22(4)43(8)36(44)49)41-33(46)26-17-28(39)29(18-27(26)38)42-53(50,51)25-11-9-10-23(14-25)16-31(45)37(5,6)7/h9-14,17-20,30,42H,15-16H2,1-8H3,(H,41,46)/t30-/m0/s1. The molecule has 0 unspecified atom stereocenters. The van der Waals surface area contributed by atoms with Crippen molar-refractivity contribution in [2.24, 2.45) is 12.5 Å². The number of amides is 1. The summed E-state index contributed by atoms with van der Waals surface area (Å²) in [6.45, 7) is 11.6. The van der Waals surface area contributed by atoms with Crippen LogP contribution in [0.2, 0.25) is 0 Å². The van der Waals surface area contributed by atoms with Gasteiger partial charge in [-0.15, -0.1) is 0 Å². The molecule has 2 heterocycles. The van der Waals surface area contributed by atoms with Crippen LogP contribution in [0, 0.1) is 30.9 Å². The van der Waals surface area contributed by atoms with E-state index in [2.05, 4.69) is 10.3 Å². The van der Waals surface area contributed by atoms with Gasteiger partial charge >= 0.3 is 11.7 Å². The van der Waals surface area contributed by atoms with Gasteiger partial charge in [0.1, 0.15) is 29.3 Å². The monoisotopic (exact) mass is 753 g/mol. The average molecular weight is 754 g/mol. The molecule has 4 aromatic rings. The predicted molar refractivity (Wildman–Crippen MR) is 193 cm³/mol. The van der Waals surface area contributed by atoms with Crippen LogP contribution in [0.25, 0.3) is 5.82 Å². The highest BCUT2D eigenvalue weighted by Crippen LogP contribution is 2.25. The van der Waals surface area contributed by atoms with Gasteiger partial charge in [-0.1, -0.05) is 39.0 Å². The van der Waals surface area contributed by atoms with Gasteiger partial charge in [0.25, 0.3) is 21.5 Å². The van der Waals surface area contributed by atoms with E-state index in [0.717, 1.165) is 4.57 Å². The molecule has 1 amide bonds. The molecule has 0 spiro atoms. The molecule has 0 saturated heterocycles. The van der Waals surface area contributed by atoms with Crippen molar-refractivity contribution < 1.29 is 36.3 Å². The number of esters is 1. The third-order valence-electron chi connectivity index (χ3n) is 8.42. The molecule has 0 fully saturated rings. The fourth-order valence-corrected chi connectivity index (χ4v) is 6.21. The molecule has 0 saturated carbocycles. The number of carbonyl (C=O) groups excluding carboxylic acids is 3. The maximum atomic E-state index is 15.3. The summed E-state index contributed by atoms with van der Waals surface area (Å²) < 4.78 is 66.3. The van der Waals surface area contributed by atoms with Gasteiger partial charge in [0.05, 0.1) is 22.3 Å². The molecular weight excluding hydrogens is 712 g/mol. The Kier molecular flexibility index (Phi) is 11.9. The van der Waals surface area contributed by atoms with Crippen molar-refractivity contribution >= 4 is 33.4 Å². The fourth-order valence-electron chi connectivity index (χ4n) is 5.08. The first kappa shape index (κ1) is 40.3. The molecule has 0 bridgehead atoms. The highest BCUT2D eigenvalue weighted by Gasteiger charge is 2.28. The summed E-state index contributed by atoms with van der Waals surface area (Å²) in [6, 6.07) is 7.91. The van der Waals surface area contributed by atoms with Crippen LogP contribution in [0.4, 0.5) is 14.5 Å². The van der Waals surface area contributed by atoms with E-state index < -0.39 is 73.6 Å². The zero-order valence-corrected chi connectivity index (χ0v) is 31.4. The molecule has 1 atom stereocenters. The van der Waals surface area contributed by atoms with Crippen LogP contribution in [-0.2, 0) is 44.2 Å². The number of hydrogen-bond acceptors (Lipinski definition) is 9. The number of nitrogens with one attached hydrogen (secondary N) is 2. The fraction of sp³-hybridized carbons (Fsp3) is 0.351. The molecule has 2 aromatic heterocycles. The number of ketones is 1. The minimum absolute atomic E-state index is 0.0180. The van der Waals surface area contributed by atoms with Crippen LogP contribution < -0.4 is 21.3 Å². The summed E-state index contributed by atoms with van der Waals surface area (Å²) in [4.78, 5) is 68.3. The summed E-state index contributed by atoms with van der Waals surface area (Å²) in [7, 11) is -2.94. The molecule has 0 radical (unpaired) electrons. The van der Waals surface area contributed by atoms with Crippen molar-refractivity contribution in [1.29, 1.82) is 0 Å². The number of anilines is 1. The van der Waals surface area contributed by atoms with E-state index in [0.29, 0.717) is 34.5 Å². The topological polar surface area (TPSA) is 176 Å². The molecule has 0 aliphatic heterocycles. The number of rotatable bonds is 12. The molecule has 2 aromatic carbocycles. The Balaban J connectivity index is 1.56. The van der Waals surface area contributed by atoms with Gasteiger partial charge in [-0.3, -0.25) is 19.1 Å². The van der Waals surface area contributed by atoms with E-state index in [9.17, 15) is 32.4 Å². The lowest BCUT2D eigenvalue weighted by Gasteiger charge is -2.20. The number of aromatic nitrogens is 3. The average Bonchev–Trinajstić information content (AvgIpc) is 3.07. The third-order valence-corrected chi connectivity index (χ3v) is 9.79. The summed E-state index contributed by atoms with van der Waals surface area (Å²) in [6.07, 6.45) is 0.421. The smallest absolute Gasteiger partial charge is 0.336 e. The first-order chi connectivity index (χ1) is 24.6. The zero-order valence-electron chi connectivity index (χ0n) is 30.5. The first-order valence-electron chi connectivity index (χ1n) is 16.5. The SMILES string of the molecule is Cc1c(C)n(C)c(=O)n(-c2ccc(C[C@H](NC(=O)c3cc(F)c(NS(=O)(=O)c4cccc(CC(=O)C(C)(C)C)c4)cc3F)C(=O)OC(C)C)cn2)c1=O. The van der Waals surface area contributed by atoms with Crippen molar-refractivity contribution in [1.82, 2.24) is 19.4 Å². The molecule has 16 heteroatoms. The molecule has 4 rings (SSSR count). The molecule has 53 heavy (non-hydrogen) atoms. The van der Waals surface area contributed by atoms with Crippen LogP contribution >= 0.6 is 0 Å². The van der Waals surface area contributed by atoms with E-state index >= 15 is 8.78 Å². The molecular formula is C37H41F2N5O8S. The Labute approximate surface area is 305 Å². The minimum Gasteiger partial charge on any atom is -0.461 e. The Hall–Kier alpha value is -5.51. The van der Waals surface area contributed by atoms with Crippen LogP contribution in [-0.4, -0.2) is 52.3 Å². The Bertz CT molecular complexity index is 2270. The first-order valence-corrected chi connectivity index (χ1v) is 18.0. The maximum Gasteiger partial charge on any atom is 0.336 e. The summed E-state index contributed by atoms with van der Waals surface area (Å²) in [5.74, 6) is -4.79. The van der Waals surface area contributed by atoms with Gasteiger partial charge in [0, 0.05) is 48.8 Å². The van der Waals surface area contributed by atoms with Gasteiger partial charge in [0.2, 0.25) is 0 Å². The second-order valence-corrected chi connectivity index (χ2v) is 15.5. The van der Waals surface area contributed by atoms with Crippen LogP contribution in [0.3, 0.4) is 0 Å². The molecule has 2 N–H and O–H groups in total. The summed E-state index contributed by atoms with van der Waals surface area (Å²) in [5.41, 5.74) is -1.83. The molecule has 282 valence electrons. The number of ether oxygens (including phenoxy) is 1. The number of pyridine rings is 1. The quantitative estimate of drug-likeness (QED) is 0.202. The largest absolute Gasteiger partial charge is 0.461 e. The lowest BCUT2D eigenvalue weighted by Crippen LogP contribution is -2.44. The minimum atomic E-state index is -4.46. The Morgan fingerprint density at radius 2 is 1.64 bits per heavy atom. The van der Waals surface area contributed by atoms with Crippen molar-refractivity contribution in [3.05, 3.63) is 115 Å². The number of nitrogens with zero attached hydrogens (tertiary/aromatic N) is 3. The van der Waals surface area contributed by atoms with E-state index in [4.69, 9.17) is 4.74 Å². The van der Waals surface area contributed by atoms with Crippen LogP contribution in [0.1, 0.15) is 67.4 Å². The normalized spacial score (nSPS) is 12.4. The molecule has 0 aliphatic carbocycles. The number of benzene rings is 2. The number of Topliss-reactive ketones (excluding diaryl/α,β-unsaturated/α-hetero) is 1. The number of carbonyl (C=O) groups is 3. The van der Waals surface area contributed by atoms with Crippen molar-refractivity contribution in [3.8, 4) is 5.82 Å². The highest BCUT2D eigenvalue weighted by atomic mass is 32.2. The van der Waals surface area contributed by atoms with E-state index in [1.807, 2.05) is 4.72 Å². The maximum absolute atomic E-state index is 15.3. The number of hydrogen-bond donors (Lipinski definition) is 2. The predicted octanol–water partition coefficient (Wildman–Crippen LogP) is 4.08. The van der Waals surface area contributed by atoms with Crippen molar-refractivity contribution in [3.63, 3.8) is 0 Å². The number of sulfonamides is 1. The second kappa shape index (κ2) is 15.6. The van der Waals surface area contributed by atoms with Gasteiger partial charge in [-0.25, -0.2) is 36.3 Å². The van der Waals surface area contributed by atoms with Crippen LogP contribution in [0.15, 0.2) is 69.2 Å². The Morgan fingerprint density at radius 3 is 2.25 bits per heavy atom. The highest BCUT2D eigenvalue weighted by molar-refractivity contribution is 7.92. The summed E-state index contributed by atoms with van der Waals surface area (Å²) >= 11 is 0. The lowest BCUT2D eigenvalue weighted by molar-refractivity contribution is -0.149. The third kappa shape index (κ3) is 9.30. The van der Waals surface area contributed by atoms with E-state index in [1.54, 1.807) is 54.5 Å². The van der Waals surface area contributed by atoms with Crippen LogP contribution in [0.5, 0.6) is 0 Å². The van der Waals surface area contributed by atoms with E-state index in [-0.39, 0.29) is 29.3 Å². The van der Waals surface area contributed by atoms with Gasteiger partial charge < -0.3 is 14.6 Å². The molecule has 13 nitrogen and oxygen atoms in total. The van der Waals surface area contributed by atoms with Gasteiger partial charge in [-0.05, 0) is 63.1 Å². The zero-order chi connectivity index (χ0) is 39.6. The van der Waals surface area contributed by atoms with Crippen molar-refractivity contribution in [2.45, 2.75) is 78.3 Å². The second-order valence-electron chi connectivity index (χ2n) is 13.8. The van der Waals surface area contributed by atoms with Gasteiger partial charge in [-0.2, -0.15) is 0 Å².